The lowest BCUT2D eigenvalue weighted by atomic mass is 9.88. The zero-order chi connectivity index (χ0) is 16.2. The van der Waals surface area contributed by atoms with E-state index in [0.717, 1.165) is 0 Å². The SMILES string of the molecule is CC(C)(CCCO)CNC(=O)c1cc(F)c(F)c(O)c1F. The molecule has 0 aliphatic carbocycles. The highest BCUT2D eigenvalue weighted by Crippen LogP contribution is 2.26. The van der Waals surface area contributed by atoms with Crippen molar-refractivity contribution in [1.29, 1.82) is 0 Å². The Morgan fingerprint density at radius 1 is 1.29 bits per heavy atom. The maximum absolute atomic E-state index is 13.6. The van der Waals surface area contributed by atoms with Crippen LogP contribution in [0.4, 0.5) is 13.2 Å². The van der Waals surface area contributed by atoms with Crippen LogP contribution in [-0.2, 0) is 0 Å². The van der Waals surface area contributed by atoms with Crippen molar-refractivity contribution >= 4 is 5.91 Å². The normalized spacial score (nSPS) is 11.5. The van der Waals surface area contributed by atoms with Crippen LogP contribution in [-0.4, -0.2) is 29.3 Å². The minimum Gasteiger partial charge on any atom is -0.503 e. The van der Waals surface area contributed by atoms with Gasteiger partial charge in [-0.15, -0.1) is 0 Å². The van der Waals surface area contributed by atoms with Gasteiger partial charge in [0.15, 0.2) is 17.4 Å². The molecule has 0 spiro atoms. The monoisotopic (exact) mass is 305 g/mol. The van der Waals surface area contributed by atoms with Crippen molar-refractivity contribution in [3.8, 4) is 5.75 Å². The lowest BCUT2D eigenvalue weighted by Gasteiger charge is -2.24. The van der Waals surface area contributed by atoms with Gasteiger partial charge in [-0.05, 0) is 24.3 Å². The number of carbonyl (C=O) groups is 1. The number of amides is 1. The summed E-state index contributed by atoms with van der Waals surface area (Å²) < 4.78 is 39.6. The van der Waals surface area contributed by atoms with Gasteiger partial charge in [0, 0.05) is 13.2 Å². The number of benzene rings is 1. The lowest BCUT2D eigenvalue weighted by Crippen LogP contribution is -2.34. The Kier molecular flexibility index (Phi) is 5.60. The van der Waals surface area contributed by atoms with Crippen LogP contribution in [0.5, 0.6) is 5.75 Å². The van der Waals surface area contributed by atoms with Crippen LogP contribution < -0.4 is 5.32 Å². The maximum Gasteiger partial charge on any atom is 0.254 e. The quantitative estimate of drug-likeness (QED) is 0.707. The summed E-state index contributed by atoms with van der Waals surface area (Å²) in [6.45, 7) is 3.85. The number of halogens is 3. The Morgan fingerprint density at radius 2 is 1.90 bits per heavy atom. The first-order chi connectivity index (χ1) is 9.69. The Balaban J connectivity index is 2.82. The fourth-order valence-corrected chi connectivity index (χ4v) is 1.82. The fraction of sp³-hybridized carbons (Fsp3) is 0.500. The third-order valence-electron chi connectivity index (χ3n) is 3.12. The number of hydrogen-bond acceptors (Lipinski definition) is 3. The zero-order valence-electron chi connectivity index (χ0n) is 11.8. The van der Waals surface area contributed by atoms with E-state index in [0.29, 0.717) is 18.9 Å². The Labute approximate surface area is 120 Å². The van der Waals surface area contributed by atoms with Crippen molar-refractivity contribution in [2.24, 2.45) is 5.41 Å². The molecule has 0 aliphatic heterocycles. The van der Waals surface area contributed by atoms with Gasteiger partial charge in [0.1, 0.15) is 0 Å². The number of aliphatic hydroxyl groups excluding tert-OH is 1. The molecule has 0 bridgehead atoms. The maximum atomic E-state index is 13.6. The molecule has 0 unspecified atom stereocenters. The number of aromatic hydroxyl groups is 1. The Bertz CT molecular complexity index is 533. The number of rotatable bonds is 6. The molecule has 1 amide bonds. The largest absolute Gasteiger partial charge is 0.503 e. The second-order valence-corrected chi connectivity index (χ2v) is 5.56. The summed E-state index contributed by atoms with van der Waals surface area (Å²) in [6, 6.07) is 0.403. The molecular weight excluding hydrogens is 287 g/mol. The van der Waals surface area contributed by atoms with E-state index >= 15 is 0 Å². The highest BCUT2D eigenvalue weighted by atomic mass is 19.2. The smallest absolute Gasteiger partial charge is 0.254 e. The van der Waals surface area contributed by atoms with Crippen LogP contribution >= 0.6 is 0 Å². The lowest BCUT2D eigenvalue weighted by molar-refractivity contribution is 0.0927. The highest BCUT2D eigenvalue weighted by molar-refractivity contribution is 5.95. The molecule has 1 rings (SSSR count). The number of carbonyl (C=O) groups excluding carboxylic acids is 1. The molecule has 0 aliphatic rings. The van der Waals surface area contributed by atoms with Crippen LogP contribution in [0.2, 0.25) is 0 Å². The van der Waals surface area contributed by atoms with Gasteiger partial charge in [0.25, 0.3) is 5.91 Å². The van der Waals surface area contributed by atoms with Crippen molar-refractivity contribution in [2.75, 3.05) is 13.2 Å². The number of phenols is 1. The van der Waals surface area contributed by atoms with E-state index in [4.69, 9.17) is 10.2 Å². The first-order valence-electron chi connectivity index (χ1n) is 6.45. The molecule has 0 atom stereocenters. The minimum atomic E-state index is -1.73. The Morgan fingerprint density at radius 3 is 2.48 bits per heavy atom. The Hall–Kier alpha value is -1.76. The van der Waals surface area contributed by atoms with Gasteiger partial charge in [0.05, 0.1) is 5.56 Å². The van der Waals surface area contributed by atoms with Gasteiger partial charge in [-0.2, -0.15) is 4.39 Å². The molecule has 0 heterocycles. The average Bonchev–Trinajstić information content (AvgIpc) is 2.44. The summed E-state index contributed by atoms with van der Waals surface area (Å²) in [5.41, 5.74) is -1.11. The molecule has 1 aromatic rings. The topological polar surface area (TPSA) is 69.6 Å². The zero-order valence-corrected chi connectivity index (χ0v) is 11.8. The molecule has 0 aromatic heterocycles. The van der Waals surface area contributed by atoms with Crippen LogP contribution in [0, 0.1) is 22.9 Å². The molecule has 7 heteroatoms. The molecule has 0 radical (unpaired) electrons. The third kappa shape index (κ3) is 4.35. The van der Waals surface area contributed by atoms with E-state index in [9.17, 15) is 18.0 Å². The van der Waals surface area contributed by atoms with E-state index < -0.39 is 34.7 Å². The average molecular weight is 305 g/mol. The second-order valence-electron chi connectivity index (χ2n) is 5.56. The van der Waals surface area contributed by atoms with Crippen LogP contribution in [0.15, 0.2) is 6.07 Å². The third-order valence-corrected chi connectivity index (χ3v) is 3.12. The summed E-state index contributed by atoms with van der Waals surface area (Å²) in [5.74, 6) is -7.19. The van der Waals surface area contributed by atoms with Crippen molar-refractivity contribution < 1.29 is 28.2 Å². The van der Waals surface area contributed by atoms with Crippen LogP contribution in [0.3, 0.4) is 0 Å². The summed E-state index contributed by atoms with van der Waals surface area (Å²) in [5, 5.41) is 20.2. The minimum absolute atomic E-state index is 0.0169. The van der Waals surface area contributed by atoms with Crippen molar-refractivity contribution in [3.05, 3.63) is 29.1 Å². The van der Waals surface area contributed by atoms with Gasteiger partial charge in [0.2, 0.25) is 5.82 Å². The molecule has 0 saturated carbocycles. The van der Waals surface area contributed by atoms with E-state index in [1.165, 1.54) is 0 Å². The fourth-order valence-electron chi connectivity index (χ4n) is 1.82. The van der Waals surface area contributed by atoms with Crippen molar-refractivity contribution in [1.82, 2.24) is 5.32 Å². The number of nitrogens with one attached hydrogen (secondary N) is 1. The summed E-state index contributed by atoms with van der Waals surface area (Å²) in [7, 11) is 0. The van der Waals surface area contributed by atoms with Gasteiger partial charge >= 0.3 is 0 Å². The highest BCUT2D eigenvalue weighted by Gasteiger charge is 2.24. The van der Waals surface area contributed by atoms with E-state index in [2.05, 4.69) is 5.32 Å². The van der Waals surface area contributed by atoms with Crippen LogP contribution in [0.1, 0.15) is 37.0 Å². The van der Waals surface area contributed by atoms with E-state index in [-0.39, 0.29) is 18.6 Å². The number of hydrogen-bond donors (Lipinski definition) is 3. The molecule has 3 N–H and O–H groups in total. The standard InChI is InChI=1S/C14H18F3NO3/c1-14(2,4-3-5-19)7-18-13(21)8-6-9(15)11(17)12(20)10(8)16/h6,19-20H,3-5,7H2,1-2H3,(H,18,21). The van der Waals surface area contributed by atoms with Crippen LogP contribution in [0.25, 0.3) is 0 Å². The first kappa shape index (κ1) is 17.3. The summed E-state index contributed by atoms with van der Waals surface area (Å²) in [6.07, 6.45) is 1.17. The molecule has 21 heavy (non-hydrogen) atoms. The van der Waals surface area contributed by atoms with Gasteiger partial charge in [-0.3, -0.25) is 4.79 Å². The molecule has 4 nitrogen and oxygen atoms in total. The second kappa shape index (κ2) is 6.80. The first-order valence-corrected chi connectivity index (χ1v) is 6.45. The van der Waals surface area contributed by atoms with Crippen molar-refractivity contribution in [3.63, 3.8) is 0 Å². The van der Waals surface area contributed by atoms with E-state index in [1.807, 2.05) is 13.8 Å². The summed E-state index contributed by atoms with van der Waals surface area (Å²) >= 11 is 0. The number of phenolic OH excluding ortho intramolecular Hbond substituents is 1. The molecule has 118 valence electrons. The molecule has 0 saturated heterocycles. The molecular formula is C14H18F3NO3. The molecule has 0 fully saturated rings. The van der Waals surface area contributed by atoms with E-state index in [1.54, 1.807) is 0 Å². The molecule has 1 aromatic carbocycles. The van der Waals surface area contributed by atoms with Gasteiger partial charge in [-0.25, -0.2) is 8.78 Å². The summed E-state index contributed by atoms with van der Waals surface area (Å²) in [4.78, 5) is 11.8. The predicted molar refractivity (Wildman–Crippen MR) is 70.4 cm³/mol. The number of aliphatic hydroxyl groups is 1. The van der Waals surface area contributed by atoms with Gasteiger partial charge < -0.3 is 15.5 Å². The van der Waals surface area contributed by atoms with Crippen molar-refractivity contribution in [2.45, 2.75) is 26.7 Å². The van der Waals surface area contributed by atoms with Gasteiger partial charge in [-0.1, -0.05) is 13.8 Å². The predicted octanol–water partition coefficient (Wildman–Crippen LogP) is 2.34.